The Morgan fingerprint density at radius 2 is 2.04 bits per heavy atom. The highest BCUT2D eigenvalue weighted by molar-refractivity contribution is 5.94. The van der Waals surface area contributed by atoms with Crippen molar-refractivity contribution in [2.24, 2.45) is 0 Å². The van der Waals surface area contributed by atoms with Crippen LogP contribution in [0.3, 0.4) is 0 Å². The van der Waals surface area contributed by atoms with Gasteiger partial charge in [-0.15, -0.1) is 0 Å². The molecule has 0 fully saturated rings. The molecule has 3 aromatic rings. The van der Waals surface area contributed by atoms with E-state index in [9.17, 15) is 13.6 Å². The van der Waals surface area contributed by atoms with Gasteiger partial charge in [0.05, 0.1) is 5.69 Å². The summed E-state index contributed by atoms with van der Waals surface area (Å²) in [5, 5.41) is 2.77. The van der Waals surface area contributed by atoms with Crippen LogP contribution in [-0.4, -0.2) is 15.3 Å². The first-order chi connectivity index (χ1) is 11.5. The van der Waals surface area contributed by atoms with Gasteiger partial charge < -0.3 is 5.32 Å². The molecule has 24 heavy (non-hydrogen) atoms. The number of carbonyl (C=O) groups is 1. The van der Waals surface area contributed by atoms with E-state index >= 15 is 0 Å². The zero-order valence-corrected chi connectivity index (χ0v) is 13.4. The lowest BCUT2D eigenvalue weighted by Gasteiger charge is -2.08. The van der Waals surface area contributed by atoms with Crippen LogP contribution in [0.15, 0.2) is 36.5 Å². The second-order valence-electron chi connectivity index (χ2n) is 5.60. The van der Waals surface area contributed by atoms with Gasteiger partial charge in [0.15, 0.2) is 0 Å². The molecule has 124 valence electrons. The van der Waals surface area contributed by atoms with Crippen LogP contribution in [0.4, 0.5) is 8.78 Å². The number of aromatic nitrogens is 2. The first kappa shape index (κ1) is 16.1. The molecule has 0 spiro atoms. The Labute approximate surface area is 138 Å². The van der Waals surface area contributed by atoms with Gasteiger partial charge in [0, 0.05) is 18.8 Å². The molecule has 1 amide bonds. The van der Waals surface area contributed by atoms with E-state index in [4.69, 9.17) is 0 Å². The second-order valence-corrected chi connectivity index (χ2v) is 5.60. The zero-order valence-electron chi connectivity index (χ0n) is 13.4. The van der Waals surface area contributed by atoms with E-state index in [0.29, 0.717) is 34.6 Å². The molecule has 0 radical (unpaired) electrons. The van der Waals surface area contributed by atoms with Crippen molar-refractivity contribution in [2.45, 2.75) is 26.8 Å². The highest BCUT2D eigenvalue weighted by Gasteiger charge is 2.18. The van der Waals surface area contributed by atoms with E-state index in [1.54, 1.807) is 23.5 Å². The fourth-order valence-electron chi connectivity index (χ4n) is 2.57. The lowest BCUT2D eigenvalue weighted by atomic mass is 10.1. The summed E-state index contributed by atoms with van der Waals surface area (Å²) in [5.41, 5.74) is 2.58. The summed E-state index contributed by atoms with van der Waals surface area (Å²) in [6, 6.07) is 7.40. The summed E-state index contributed by atoms with van der Waals surface area (Å²) in [5.74, 6) is -1.04. The van der Waals surface area contributed by atoms with Gasteiger partial charge in [-0.25, -0.2) is 13.8 Å². The van der Waals surface area contributed by atoms with Gasteiger partial charge in [0.1, 0.15) is 23.0 Å². The number of aryl methyl sites for hydroxylation is 2. The van der Waals surface area contributed by atoms with Gasteiger partial charge in [-0.2, -0.15) is 0 Å². The molecule has 4 nitrogen and oxygen atoms in total. The molecular formula is C18H17F2N3O. The van der Waals surface area contributed by atoms with Gasteiger partial charge >= 0.3 is 0 Å². The Bertz CT molecular complexity index is 918. The van der Waals surface area contributed by atoms with Crippen molar-refractivity contribution < 1.29 is 13.6 Å². The van der Waals surface area contributed by atoms with Crippen LogP contribution in [-0.2, 0) is 13.0 Å². The van der Waals surface area contributed by atoms with E-state index in [2.05, 4.69) is 10.3 Å². The summed E-state index contributed by atoms with van der Waals surface area (Å²) in [7, 11) is 0. The third-order valence-electron chi connectivity index (χ3n) is 3.90. The molecule has 2 aromatic heterocycles. The minimum atomic E-state index is -0.405. The number of fused-ring (bicyclic) bond motifs is 1. The molecule has 3 rings (SSSR count). The Morgan fingerprint density at radius 3 is 2.75 bits per heavy atom. The fraction of sp³-hybridized carbons (Fsp3) is 0.222. The number of halogens is 2. The summed E-state index contributed by atoms with van der Waals surface area (Å²) >= 11 is 0. The summed E-state index contributed by atoms with van der Waals surface area (Å²) in [6.07, 6.45) is 2.03. The van der Waals surface area contributed by atoms with Gasteiger partial charge in [0.25, 0.3) is 5.91 Å². The molecule has 0 aliphatic heterocycles. The molecule has 0 saturated carbocycles. The zero-order chi connectivity index (χ0) is 17.3. The van der Waals surface area contributed by atoms with E-state index < -0.39 is 5.82 Å². The monoisotopic (exact) mass is 329 g/mol. The number of nitrogens with zero attached hydrogens (tertiary/aromatic N) is 2. The quantitative estimate of drug-likeness (QED) is 0.797. The summed E-state index contributed by atoms with van der Waals surface area (Å²) in [4.78, 5) is 16.8. The lowest BCUT2D eigenvalue weighted by molar-refractivity contribution is 0.0944. The predicted molar refractivity (Wildman–Crippen MR) is 86.8 cm³/mol. The molecule has 0 aliphatic rings. The molecule has 0 aliphatic carbocycles. The molecular weight excluding hydrogens is 312 g/mol. The average Bonchev–Trinajstić information content (AvgIpc) is 2.93. The van der Waals surface area contributed by atoms with Crippen molar-refractivity contribution in [2.75, 3.05) is 0 Å². The number of amides is 1. The van der Waals surface area contributed by atoms with Crippen molar-refractivity contribution in [3.8, 4) is 0 Å². The topological polar surface area (TPSA) is 46.4 Å². The van der Waals surface area contributed by atoms with Crippen LogP contribution in [0, 0.1) is 18.6 Å². The highest BCUT2D eigenvalue weighted by Crippen LogP contribution is 2.15. The third-order valence-corrected chi connectivity index (χ3v) is 3.90. The smallest absolute Gasteiger partial charge is 0.270 e. The van der Waals surface area contributed by atoms with E-state index in [0.717, 1.165) is 0 Å². The number of pyridine rings is 1. The fourth-order valence-corrected chi connectivity index (χ4v) is 2.57. The standard InChI is InChI=1S/C18H17F2N3O/c1-3-15-17(23-7-6-13(19)9-16(23)22-15)18(24)21-10-12-5-4-11(2)14(20)8-12/h4-9H,3,10H2,1-2H3,(H,21,24). The number of nitrogens with one attached hydrogen (secondary N) is 1. The van der Waals surface area contributed by atoms with Crippen molar-refractivity contribution in [1.82, 2.24) is 14.7 Å². The van der Waals surface area contributed by atoms with Crippen molar-refractivity contribution in [3.05, 3.63) is 70.7 Å². The molecule has 0 saturated heterocycles. The molecule has 0 atom stereocenters. The number of imidazole rings is 1. The summed E-state index contributed by atoms with van der Waals surface area (Å²) < 4.78 is 28.5. The predicted octanol–water partition coefficient (Wildman–Crippen LogP) is 3.41. The molecule has 0 bridgehead atoms. The average molecular weight is 329 g/mol. The van der Waals surface area contributed by atoms with Crippen LogP contribution in [0.25, 0.3) is 5.65 Å². The van der Waals surface area contributed by atoms with Crippen molar-refractivity contribution >= 4 is 11.6 Å². The van der Waals surface area contributed by atoms with Crippen LogP contribution >= 0.6 is 0 Å². The number of hydrogen-bond acceptors (Lipinski definition) is 2. The maximum atomic E-state index is 13.6. The molecule has 0 unspecified atom stereocenters. The van der Waals surface area contributed by atoms with E-state index in [1.807, 2.05) is 6.92 Å². The Kier molecular flexibility index (Phi) is 4.29. The number of hydrogen-bond donors (Lipinski definition) is 1. The highest BCUT2D eigenvalue weighted by atomic mass is 19.1. The SMILES string of the molecule is CCc1nc2cc(F)ccn2c1C(=O)NCc1ccc(C)c(F)c1. The van der Waals surface area contributed by atoms with Crippen molar-refractivity contribution in [3.63, 3.8) is 0 Å². The minimum Gasteiger partial charge on any atom is -0.347 e. The van der Waals surface area contributed by atoms with Crippen molar-refractivity contribution in [1.29, 1.82) is 0 Å². The Morgan fingerprint density at radius 1 is 1.25 bits per heavy atom. The van der Waals surface area contributed by atoms with Gasteiger partial charge in [-0.05, 0) is 36.6 Å². The van der Waals surface area contributed by atoms with Gasteiger partial charge in [-0.1, -0.05) is 19.1 Å². The number of carbonyl (C=O) groups excluding carboxylic acids is 1. The van der Waals surface area contributed by atoms with E-state index in [1.165, 1.54) is 24.4 Å². The van der Waals surface area contributed by atoms with Gasteiger partial charge in [-0.3, -0.25) is 9.20 Å². The van der Waals surface area contributed by atoms with Gasteiger partial charge in [0.2, 0.25) is 0 Å². The lowest BCUT2D eigenvalue weighted by Crippen LogP contribution is -2.25. The summed E-state index contributed by atoms with van der Waals surface area (Å²) in [6.45, 7) is 3.76. The van der Waals surface area contributed by atoms with Crippen LogP contribution in [0.5, 0.6) is 0 Å². The second kappa shape index (κ2) is 6.39. The van der Waals surface area contributed by atoms with Crippen LogP contribution in [0.1, 0.15) is 34.2 Å². The largest absolute Gasteiger partial charge is 0.347 e. The first-order valence-electron chi connectivity index (χ1n) is 7.69. The number of benzene rings is 1. The maximum Gasteiger partial charge on any atom is 0.270 e. The molecule has 6 heteroatoms. The first-order valence-corrected chi connectivity index (χ1v) is 7.69. The molecule has 1 N–H and O–H groups in total. The maximum absolute atomic E-state index is 13.6. The van der Waals surface area contributed by atoms with Crippen LogP contribution in [0.2, 0.25) is 0 Å². The third kappa shape index (κ3) is 2.99. The molecule has 1 aromatic carbocycles. The Hall–Kier alpha value is -2.76. The number of rotatable bonds is 4. The Balaban J connectivity index is 1.86. The minimum absolute atomic E-state index is 0.202. The molecule has 2 heterocycles. The van der Waals surface area contributed by atoms with E-state index in [-0.39, 0.29) is 18.3 Å². The normalized spacial score (nSPS) is 11.0. The van der Waals surface area contributed by atoms with Crippen LogP contribution < -0.4 is 5.32 Å².